The van der Waals surface area contributed by atoms with E-state index >= 15 is 0 Å². The molecule has 0 fully saturated rings. The van der Waals surface area contributed by atoms with Crippen molar-refractivity contribution in [3.8, 4) is 22.8 Å². The second-order valence-electron chi connectivity index (χ2n) is 6.69. The number of amides is 1. The number of para-hydroxylation sites is 1. The molecule has 0 saturated carbocycles. The summed E-state index contributed by atoms with van der Waals surface area (Å²) in [5, 5.41) is 23.3. The van der Waals surface area contributed by atoms with Gasteiger partial charge in [-0.15, -0.1) is 10.8 Å². The molecule has 1 heterocycles. The summed E-state index contributed by atoms with van der Waals surface area (Å²) in [4.78, 5) is 12.3. The van der Waals surface area contributed by atoms with Crippen molar-refractivity contribution in [1.29, 1.82) is 0 Å². The third-order valence-corrected chi connectivity index (χ3v) is 5.83. The van der Waals surface area contributed by atoms with Gasteiger partial charge in [0.1, 0.15) is 5.69 Å². The maximum absolute atomic E-state index is 12.3. The molecule has 0 aliphatic carbocycles. The first kappa shape index (κ1) is 21.8. The number of H-pyrrole nitrogens is 1. The van der Waals surface area contributed by atoms with E-state index in [1.165, 1.54) is 30.1 Å². The molecule has 1 aromatic heterocycles. The average Bonchev–Trinajstić information content (AvgIpc) is 3.24. The minimum absolute atomic E-state index is 0.0736. The minimum atomic E-state index is -0.265. The van der Waals surface area contributed by atoms with Crippen LogP contribution in [-0.2, 0) is 4.79 Å². The van der Waals surface area contributed by atoms with Gasteiger partial charge in [-0.3, -0.25) is 4.79 Å². The first-order valence-electron chi connectivity index (χ1n) is 9.64. The number of hydrogen-bond acceptors (Lipinski definition) is 5. The van der Waals surface area contributed by atoms with E-state index in [0.717, 1.165) is 27.1 Å². The van der Waals surface area contributed by atoms with Crippen LogP contribution in [0.1, 0.15) is 5.56 Å². The lowest BCUT2D eigenvalue weighted by Crippen LogP contribution is -2.34. The number of aromatic amines is 1. The highest BCUT2D eigenvalue weighted by Crippen LogP contribution is 2.23. The summed E-state index contributed by atoms with van der Waals surface area (Å²) in [5.74, 6) is 0.598. The van der Waals surface area contributed by atoms with Crippen LogP contribution in [0.4, 0.5) is 0 Å². The van der Waals surface area contributed by atoms with Gasteiger partial charge in [0, 0.05) is 4.47 Å². The summed E-state index contributed by atoms with van der Waals surface area (Å²) in [6, 6.07) is 23.9. The predicted octanol–water partition coefficient (Wildman–Crippen LogP) is 3.43. The van der Waals surface area contributed by atoms with Crippen molar-refractivity contribution in [1.82, 2.24) is 15.6 Å². The van der Waals surface area contributed by atoms with Gasteiger partial charge in [-0.25, -0.2) is 5.43 Å². The van der Waals surface area contributed by atoms with Crippen molar-refractivity contribution < 1.29 is 14.5 Å². The monoisotopic (exact) mass is 507 g/mol. The molecule has 0 aliphatic rings. The van der Waals surface area contributed by atoms with Crippen molar-refractivity contribution in [2.24, 2.45) is 5.10 Å². The van der Waals surface area contributed by atoms with Crippen LogP contribution < -0.4 is 15.1 Å². The maximum atomic E-state index is 12.3. The van der Waals surface area contributed by atoms with Gasteiger partial charge in [0.2, 0.25) is 0 Å². The summed E-state index contributed by atoms with van der Waals surface area (Å²) >= 11 is 4.81. The lowest BCUT2D eigenvalue weighted by atomic mass is 10.2. The molecule has 2 N–H and O–H groups in total. The van der Waals surface area contributed by atoms with Gasteiger partial charge >= 0.3 is 5.16 Å². The zero-order valence-corrected chi connectivity index (χ0v) is 19.1. The Hall–Kier alpha value is -3.43. The standard InChI is InChI=1S/C23H18BrN5O2S/c24-18-6-4-5-17(13-18)22-27-28-23(29(22)19-7-2-1-3-8-19)32-15-21(31)26-25-14-16-9-11-20(30)12-10-16/h1-14H,15H2,(H2,25,26,30,31). The lowest BCUT2D eigenvalue weighted by Gasteiger charge is -2.04. The average molecular weight is 508 g/mol. The van der Waals surface area contributed by atoms with Crippen LogP contribution in [0.15, 0.2) is 93.6 Å². The van der Waals surface area contributed by atoms with Gasteiger partial charge in [0.15, 0.2) is 0 Å². The number of halogens is 1. The summed E-state index contributed by atoms with van der Waals surface area (Å²) in [5.41, 5.74) is 5.12. The number of hydrazone groups is 1. The summed E-state index contributed by atoms with van der Waals surface area (Å²) in [6.45, 7) is 0. The molecule has 7 nitrogen and oxygen atoms in total. The Labute approximate surface area is 197 Å². The Morgan fingerprint density at radius 1 is 1.12 bits per heavy atom. The van der Waals surface area contributed by atoms with E-state index in [-0.39, 0.29) is 17.4 Å². The maximum Gasteiger partial charge on any atom is 0.342 e. The molecule has 3 aromatic carbocycles. The minimum Gasteiger partial charge on any atom is -0.872 e. The quantitative estimate of drug-likeness (QED) is 0.173. The molecule has 4 rings (SSSR count). The fourth-order valence-corrected chi connectivity index (χ4v) is 4.09. The first-order chi connectivity index (χ1) is 15.6. The van der Waals surface area contributed by atoms with Gasteiger partial charge in [-0.1, -0.05) is 64.5 Å². The van der Waals surface area contributed by atoms with Crippen LogP contribution >= 0.6 is 27.7 Å². The smallest absolute Gasteiger partial charge is 0.342 e. The van der Waals surface area contributed by atoms with Crippen molar-refractivity contribution in [3.63, 3.8) is 0 Å². The van der Waals surface area contributed by atoms with Crippen molar-refractivity contribution >= 4 is 39.8 Å². The number of carbonyl (C=O) groups is 1. The second-order valence-corrected chi connectivity index (χ2v) is 8.55. The molecular formula is C23H18BrN5O2S. The van der Waals surface area contributed by atoms with Crippen molar-refractivity contribution in [3.05, 3.63) is 88.9 Å². The summed E-state index contributed by atoms with van der Waals surface area (Å²) in [6.07, 6.45) is 1.49. The van der Waals surface area contributed by atoms with Gasteiger partial charge in [-0.2, -0.15) is 9.67 Å². The van der Waals surface area contributed by atoms with Crippen LogP contribution in [0, 0.1) is 0 Å². The van der Waals surface area contributed by atoms with Crippen molar-refractivity contribution in [2.75, 3.05) is 5.75 Å². The molecule has 1 amide bonds. The molecule has 0 saturated heterocycles. The number of thioether (sulfide) groups is 1. The van der Waals surface area contributed by atoms with Gasteiger partial charge < -0.3 is 5.11 Å². The van der Waals surface area contributed by atoms with Crippen LogP contribution in [0.3, 0.4) is 0 Å². The van der Waals surface area contributed by atoms with Crippen LogP contribution in [0.25, 0.3) is 17.1 Å². The molecular weight excluding hydrogens is 490 g/mol. The molecule has 0 unspecified atom stereocenters. The van der Waals surface area contributed by atoms with Crippen LogP contribution in [0.5, 0.6) is 5.75 Å². The molecule has 0 spiro atoms. The Kier molecular flexibility index (Phi) is 6.98. The van der Waals surface area contributed by atoms with E-state index in [4.69, 9.17) is 0 Å². The largest absolute Gasteiger partial charge is 0.872 e. The number of rotatable bonds is 7. The molecule has 160 valence electrons. The van der Waals surface area contributed by atoms with E-state index in [1.54, 1.807) is 12.1 Å². The number of nitrogens with one attached hydrogen (secondary N) is 2. The third kappa shape index (κ3) is 5.43. The highest BCUT2D eigenvalue weighted by atomic mass is 79.9. The topological polar surface area (TPSA) is 97.1 Å². The molecule has 0 atom stereocenters. The van der Waals surface area contributed by atoms with E-state index in [9.17, 15) is 9.90 Å². The first-order valence-corrected chi connectivity index (χ1v) is 11.4. The number of aromatic nitrogens is 3. The highest BCUT2D eigenvalue weighted by molar-refractivity contribution is 9.10. The lowest BCUT2D eigenvalue weighted by molar-refractivity contribution is -0.625. The zero-order chi connectivity index (χ0) is 22.3. The Bertz CT molecular complexity index is 1240. The Morgan fingerprint density at radius 3 is 2.66 bits per heavy atom. The fourth-order valence-electron chi connectivity index (χ4n) is 2.93. The molecule has 0 radical (unpaired) electrons. The number of benzene rings is 3. The van der Waals surface area contributed by atoms with E-state index in [1.807, 2.05) is 59.2 Å². The normalized spacial score (nSPS) is 11.0. The van der Waals surface area contributed by atoms with Crippen LogP contribution in [0.2, 0.25) is 0 Å². The third-order valence-electron chi connectivity index (χ3n) is 4.40. The summed E-state index contributed by atoms with van der Waals surface area (Å²) < 4.78 is 2.94. The number of carbonyl (C=O) groups excluding carboxylic acids is 1. The number of hydrogen-bond donors (Lipinski definition) is 2. The molecule has 0 bridgehead atoms. The zero-order valence-electron chi connectivity index (χ0n) is 16.7. The SMILES string of the molecule is O=C(CSc1n[nH]c(-c2cccc(Br)c2)[n+]1-c1ccccc1)NN=Cc1ccc([O-])cc1. The second kappa shape index (κ2) is 10.3. The van der Waals surface area contributed by atoms with E-state index in [0.29, 0.717) is 5.16 Å². The predicted molar refractivity (Wildman–Crippen MR) is 126 cm³/mol. The van der Waals surface area contributed by atoms with Gasteiger partial charge in [0.05, 0.1) is 22.6 Å². The van der Waals surface area contributed by atoms with E-state index in [2.05, 4.69) is 36.7 Å². The van der Waals surface area contributed by atoms with E-state index < -0.39 is 0 Å². The Morgan fingerprint density at radius 2 is 1.91 bits per heavy atom. The molecule has 0 aliphatic heterocycles. The molecule has 4 aromatic rings. The Balaban J connectivity index is 1.50. The van der Waals surface area contributed by atoms with Gasteiger partial charge in [-0.05, 0) is 47.7 Å². The van der Waals surface area contributed by atoms with Crippen LogP contribution in [-0.4, -0.2) is 28.1 Å². The number of nitrogens with zero attached hydrogens (tertiary/aromatic N) is 3. The molecule has 9 heteroatoms. The van der Waals surface area contributed by atoms with Gasteiger partial charge in [0.25, 0.3) is 11.7 Å². The molecule has 32 heavy (non-hydrogen) atoms. The summed E-state index contributed by atoms with van der Waals surface area (Å²) in [7, 11) is 0. The van der Waals surface area contributed by atoms with Crippen molar-refractivity contribution in [2.45, 2.75) is 5.16 Å². The fraction of sp³-hybridized carbons (Fsp3) is 0.0435. The highest BCUT2D eigenvalue weighted by Gasteiger charge is 2.24.